The molecule has 0 N–H and O–H groups in total. The van der Waals surface area contributed by atoms with E-state index >= 15 is 0 Å². The van der Waals surface area contributed by atoms with Gasteiger partial charge < -0.3 is 14.2 Å². The molecule has 0 unspecified atom stereocenters. The van der Waals surface area contributed by atoms with Gasteiger partial charge in [-0.1, -0.05) is 32.6 Å². The second-order valence-electron chi connectivity index (χ2n) is 7.04. The first kappa shape index (κ1) is 22.5. The maximum absolute atomic E-state index is 14.8. The van der Waals surface area contributed by atoms with Crippen LogP contribution < -0.4 is 9.47 Å². The van der Waals surface area contributed by atoms with Gasteiger partial charge in [0.05, 0.1) is 13.7 Å². The highest BCUT2D eigenvalue weighted by Gasteiger charge is 2.29. The summed E-state index contributed by atoms with van der Waals surface area (Å²) in [6, 6.07) is 5.24. The van der Waals surface area contributed by atoms with E-state index in [0.717, 1.165) is 18.9 Å². The van der Waals surface area contributed by atoms with Crippen LogP contribution in [0.2, 0.25) is 0 Å². The van der Waals surface area contributed by atoms with Crippen LogP contribution in [0.3, 0.4) is 0 Å². The zero-order chi connectivity index (χ0) is 22.7. The highest BCUT2D eigenvalue weighted by atomic mass is 19.2. The Kier molecular flexibility index (Phi) is 6.73. The molecule has 164 valence electrons. The summed E-state index contributed by atoms with van der Waals surface area (Å²) >= 11 is 0. The fourth-order valence-electron chi connectivity index (χ4n) is 3.13. The minimum Gasteiger partial charge on any atom is -0.494 e. The van der Waals surface area contributed by atoms with Crippen LogP contribution in [-0.4, -0.2) is 13.7 Å². The van der Waals surface area contributed by atoms with Gasteiger partial charge in [0.25, 0.3) is 0 Å². The third-order valence-electron chi connectivity index (χ3n) is 4.86. The van der Waals surface area contributed by atoms with Crippen molar-refractivity contribution in [3.8, 4) is 22.6 Å². The minimum absolute atomic E-state index is 0.0000243. The summed E-state index contributed by atoms with van der Waals surface area (Å²) in [5.74, 6) is -5.30. The number of allylic oxidation sites excluding steroid dienone is 2. The Morgan fingerprint density at radius 3 is 2.55 bits per heavy atom. The molecule has 0 bridgehead atoms. The topological polar surface area (TPSA) is 27.7 Å². The number of methoxy groups -OCH3 is 1. The van der Waals surface area contributed by atoms with Crippen molar-refractivity contribution in [1.82, 2.24) is 0 Å². The molecular weight excluding hydrogens is 412 g/mol. The highest BCUT2D eigenvalue weighted by Crippen LogP contribution is 2.41. The molecule has 0 spiro atoms. The van der Waals surface area contributed by atoms with Crippen molar-refractivity contribution in [2.24, 2.45) is 0 Å². The Hall–Kier alpha value is -3.22. The average molecular weight is 434 g/mol. The van der Waals surface area contributed by atoms with E-state index in [4.69, 9.17) is 14.2 Å². The zero-order valence-corrected chi connectivity index (χ0v) is 17.3. The number of halogens is 4. The summed E-state index contributed by atoms with van der Waals surface area (Å²) in [4.78, 5) is 0. The molecule has 0 atom stereocenters. The van der Waals surface area contributed by atoms with Gasteiger partial charge in [0.2, 0.25) is 11.6 Å². The summed E-state index contributed by atoms with van der Waals surface area (Å²) in [6.45, 7) is 9.46. The minimum atomic E-state index is -1.31. The molecule has 2 aromatic rings. The van der Waals surface area contributed by atoms with Crippen LogP contribution >= 0.6 is 0 Å². The second kappa shape index (κ2) is 9.29. The van der Waals surface area contributed by atoms with E-state index < -0.39 is 29.0 Å². The Labute approximate surface area is 178 Å². The standard InChI is InChI=1S/C24H22F4O3/c1-5-6-9-30-19-8-7-15(12-18(19)25)17-11-16-10-13(2)23(20(26)14(3)29-4)31-24(16)22(28)21(17)27/h7-8,11-12H,2-3,5-6,9-10H2,1,4H3/b23-20-. The van der Waals surface area contributed by atoms with Gasteiger partial charge in [-0.05, 0) is 35.8 Å². The third-order valence-corrected chi connectivity index (χ3v) is 4.86. The first-order chi connectivity index (χ1) is 14.8. The molecule has 0 aromatic heterocycles. The lowest BCUT2D eigenvalue weighted by Crippen LogP contribution is -2.14. The van der Waals surface area contributed by atoms with E-state index in [-0.39, 0.29) is 46.0 Å². The number of hydrogen-bond acceptors (Lipinski definition) is 3. The van der Waals surface area contributed by atoms with Gasteiger partial charge in [0, 0.05) is 17.5 Å². The quantitative estimate of drug-likeness (QED) is 0.273. The molecule has 0 amide bonds. The van der Waals surface area contributed by atoms with E-state index in [9.17, 15) is 17.6 Å². The molecule has 0 aliphatic carbocycles. The van der Waals surface area contributed by atoms with Crippen LogP contribution in [0.5, 0.6) is 11.5 Å². The van der Waals surface area contributed by atoms with Crippen LogP contribution in [0.15, 0.2) is 60.3 Å². The van der Waals surface area contributed by atoms with Crippen molar-refractivity contribution in [3.05, 3.63) is 83.4 Å². The highest BCUT2D eigenvalue weighted by molar-refractivity contribution is 5.69. The fourth-order valence-corrected chi connectivity index (χ4v) is 3.13. The van der Waals surface area contributed by atoms with Gasteiger partial charge >= 0.3 is 0 Å². The molecule has 2 aromatic carbocycles. The van der Waals surface area contributed by atoms with E-state index in [1.54, 1.807) is 0 Å². The Morgan fingerprint density at radius 1 is 1.16 bits per heavy atom. The van der Waals surface area contributed by atoms with Gasteiger partial charge in [-0.25, -0.2) is 8.78 Å². The van der Waals surface area contributed by atoms with Crippen LogP contribution in [-0.2, 0) is 11.2 Å². The largest absolute Gasteiger partial charge is 0.494 e. The molecule has 0 fully saturated rings. The van der Waals surface area contributed by atoms with Crippen LogP contribution in [0.1, 0.15) is 25.3 Å². The smallest absolute Gasteiger partial charge is 0.207 e. The number of ether oxygens (including phenoxy) is 3. The maximum Gasteiger partial charge on any atom is 0.207 e. The van der Waals surface area contributed by atoms with Crippen LogP contribution in [0, 0.1) is 17.5 Å². The molecule has 7 heteroatoms. The SMILES string of the molecule is C=C(OC)/C(F)=C1/Oc2c(cc(-c3ccc(OCCCC)c(F)c3)c(F)c2F)CC1=C. The lowest BCUT2D eigenvalue weighted by molar-refractivity contribution is 0.272. The monoisotopic (exact) mass is 434 g/mol. The van der Waals surface area contributed by atoms with Crippen LogP contribution in [0.25, 0.3) is 11.1 Å². The molecule has 31 heavy (non-hydrogen) atoms. The molecule has 1 aliphatic heterocycles. The molecule has 3 nitrogen and oxygen atoms in total. The summed E-state index contributed by atoms with van der Waals surface area (Å²) in [5, 5.41) is 0. The van der Waals surface area contributed by atoms with Crippen molar-refractivity contribution in [2.75, 3.05) is 13.7 Å². The van der Waals surface area contributed by atoms with Gasteiger partial charge in [-0.15, -0.1) is 0 Å². The fraction of sp³-hybridized carbons (Fsp3) is 0.250. The number of benzene rings is 2. The molecule has 1 aliphatic rings. The molecule has 1 heterocycles. The van der Waals surface area contributed by atoms with E-state index in [1.807, 2.05) is 6.92 Å². The van der Waals surface area contributed by atoms with Crippen molar-refractivity contribution < 1.29 is 31.8 Å². The molecule has 0 saturated heterocycles. The van der Waals surface area contributed by atoms with Gasteiger partial charge in [0.15, 0.2) is 34.7 Å². The second-order valence-corrected chi connectivity index (χ2v) is 7.04. The average Bonchev–Trinajstić information content (AvgIpc) is 2.76. The number of fused-ring (bicyclic) bond motifs is 1. The lowest BCUT2D eigenvalue weighted by atomic mass is 9.94. The first-order valence-electron chi connectivity index (χ1n) is 9.71. The predicted octanol–water partition coefficient (Wildman–Crippen LogP) is 6.78. The summed E-state index contributed by atoms with van der Waals surface area (Å²) in [7, 11) is 1.22. The van der Waals surface area contributed by atoms with Gasteiger partial charge in [-0.2, -0.15) is 8.78 Å². The molecule has 0 radical (unpaired) electrons. The van der Waals surface area contributed by atoms with E-state index in [0.29, 0.717) is 6.61 Å². The summed E-state index contributed by atoms with van der Waals surface area (Å²) in [5.41, 5.74) is 0.430. The van der Waals surface area contributed by atoms with E-state index in [1.165, 1.54) is 25.3 Å². The Balaban J connectivity index is 1.99. The first-order valence-corrected chi connectivity index (χ1v) is 9.71. The van der Waals surface area contributed by atoms with Crippen molar-refractivity contribution in [3.63, 3.8) is 0 Å². The van der Waals surface area contributed by atoms with E-state index in [2.05, 4.69) is 13.2 Å². The van der Waals surface area contributed by atoms with Gasteiger partial charge in [-0.3, -0.25) is 0 Å². The lowest BCUT2D eigenvalue weighted by Gasteiger charge is -2.24. The molecule has 0 saturated carbocycles. The van der Waals surface area contributed by atoms with Gasteiger partial charge in [0.1, 0.15) is 0 Å². The van der Waals surface area contributed by atoms with Crippen molar-refractivity contribution in [2.45, 2.75) is 26.2 Å². The normalized spacial score (nSPS) is 14.6. The van der Waals surface area contributed by atoms with Crippen molar-refractivity contribution in [1.29, 1.82) is 0 Å². The summed E-state index contributed by atoms with van der Waals surface area (Å²) < 4.78 is 73.8. The predicted molar refractivity (Wildman–Crippen MR) is 110 cm³/mol. The number of unbranched alkanes of at least 4 members (excludes halogenated alkanes) is 1. The van der Waals surface area contributed by atoms with Crippen LogP contribution in [0.4, 0.5) is 17.6 Å². The Bertz CT molecular complexity index is 1070. The molecular formula is C24H22F4O3. The Morgan fingerprint density at radius 2 is 1.90 bits per heavy atom. The maximum atomic E-state index is 14.8. The number of hydrogen-bond donors (Lipinski definition) is 0. The summed E-state index contributed by atoms with van der Waals surface area (Å²) in [6.07, 6.45) is 1.66. The zero-order valence-electron chi connectivity index (χ0n) is 17.3. The molecule has 3 rings (SSSR count). The third kappa shape index (κ3) is 4.45. The van der Waals surface area contributed by atoms with Crippen molar-refractivity contribution >= 4 is 0 Å². The number of rotatable bonds is 7.